The van der Waals surface area contributed by atoms with Gasteiger partial charge in [0.15, 0.2) is 0 Å². The van der Waals surface area contributed by atoms with E-state index in [1.165, 1.54) is 11.1 Å². The van der Waals surface area contributed by atoms with Crippen LogP contribution in [0.4, 0.5) is 0 Å². The van der Waals surface area contributed by atoms with Crippen molar-refractivity contribution in [2.45, 2.75) is 66.2 Å². The van der Waals surface area contributed by atoms with Gasteiger partial charge < -0.3 is 4.74 Å². The van der Waals surface area contributed by atoms with Crippen LogP contribution < -0.4 is 4.74 Å². The summed E-state index contributed by atoms with van der Waals surface area (Å²) >= 11 is 4.54. The second kappa shape index (κ2) is 7.58. The zero-order valence-corrected chi connectivity index (χ0v) is 15.5. The molecule has 1 rings (SSSR count). The summed E-state index contributed by atoms with van der Waals surface area (Å²) in [5.74, 6) is 1.91. The lowest BCUT2D eigenvalue weighted by atomic mass is 9.84. The molecule has 0 radical (unpaired) electrons. The number of aryl methyl sites for hydroxylation is 1. The Bertz CT molecular complexity index is 433. The van der Waals surface area contributed by atoms with E-state index in [0.29, 0.717) is 0 Å². The van der Waals surface area contributed by atoms with Crippen molar-refractivity contribution < 1.29 is 4.74 Å². The molecule has 0 fully saturated rings. The van der Waals surface area contributed by atoms with Crippen molar-refractivity contribution >= 4 is 12.6 Å². The Hall–Kier alpha value is -0.630. The number of thiol groups is 1. The lowest BCUT2D eigenvalue weighted by Crippen LogP contribution is -2.30. The first-order valence-corrected chi connectivity index (χ1v) is 8.82. The molecule has 0 heterocycles. The third-order valence-corrected chi connectivity index (χ3v) is 5.30. The molecule has 120 valence electrons. The molecular formula is C19H32OS. The molecule has 0 saturated carbocycles. The van der Waals surface area contributed by atoms with Crippen LogP contribution in [-0.2, 0) is 11.8 Å². The first kappa shape index (κ1) is 18.4. The number of ether oxygens (including phenoxy) is 1. The lowest BCUT2D eigenvalue weighted by Gasteiger charge is -2.31. The van der Waals surface area contributed by atoms with Gasteiger partial charge in [-0.2, -0.15) is 12.6 Å². The predicted octanol–water partition coefficient (Wildman–Crippen LogP) is 5.66. The SMILES string of the molecule is CCc1ccc(OCC(CC)(CC)CS)c(C(C)(C)C)c1. The maximum atomic E-state index is 6.25. The van der Waals surface area contributed by atoms with Gasteiger partial charge in [0.05, 0.1) is 6.61 Å². The highest BCUT2D eigenvalue weighted by Gasteiger charge is 2.27. The van der Waals surface area contributed by atoms with Gasteiger partial charge in [0.1, 0.15) is 5.75 Å². The minimum Gasteiger partial charge on any atom is -0.493 e. The molecule has 0 N–H and O–H groups in total. The average molecular weight is 309 g/mol. The summed E-state index contributed by atoms with van der Waals surface area (Å²) in [6.07, 6.45) is 3.27. The van der Waals surface area contributed by atoms with Crippen molar-refractivity contribution in [3.05, 3.63) is 29.3 Å². The van der Waals surface area contributed by atoms with Crippen LogP contribution in [0.5, 0.6) is 5.75 Å². The van der Waals surface area contributed by atoms with E-state index >= 15 is 0 Å². The highest BCUT2D eigenvalue weighted by atomic mass is 32.1. The van der Waals surface area contributed by atoms with Crippen molar-refractivity contribution in [1.29, 1.82) is 0 Å². The topological polar surface area (TPSA) is 9.23 Å². The number of hydrogen-bond acceptors (Lipinski definition) is 2. The predicted molar refractivity (Wildman–Crippen MR) is 96.9 cm³/mol. The molecule has 0 saturated heterocycles. The van der Waals surface area contributed by atoms with Gasteiger partial charge in [-0.25, -0.2) is 0 Å². The Morgan fingerprint density at radius 1 is 1.05 bits per heavy atom. The molecule has 1 aromatic rings. The third-order valence-electron chi connectivity index (χ3n) is 4.63. The van der Waals surface area contributed by atoms with Crippen LogP contribution in [0.1, 0.15) is 65.5 Å². The van der Waals surface area contributed by atoms with Gasteiger partial charge in [0, 0.05) is 5.41 Å². The maximum absolute atomic E-state index is 6.25. The van der Waals surface area contributed by atoms with Crippen molar-refractivity contribution in [3.8, 4) is 5.75 Å². The molecule has 2 heteroatoms. The van der Waals surface area contributed by atoms with Crippen LogP contribution in [0.25, 0.3) is 0 Å². The van der Waals surface area contributed by atoms with Gasteiger partial charge in [-0.05, 0) is 47.6 Å². The van der Waals surface area contributed by atoms with E-state index in [-0.39, 0.29) is 10.8 Å². The third kappa shape index (κ3) is 4.67. The van der Waals surface area contributed by atoms with E-state index in [1.807, 2.05) is 0 Å². The molecule has 0 amide bonds. The van der Waals surface area contributed by atoms with Gasteiger partial charge in [-0.15, -0.1) is 0 Å². The first-order chi connectivity index (χ1) is 9.81. The fraction of sp³-hybridized carbons (Fsp3) is 0.684. The highest BCUT2D eigenvalue weighted by molar-refractivity contribution is 7.80. The molecule has 0 aliphatic rings. The van der Waals surface area contributed by atoms with E-state index in [0.717, 1.165) is 37.4 Å². The Labute approximate surface area is 136 Å². The molecule has 1 aromatic carbocycles. The van der Waals surface area contributed by atoms with Gasteiger partial charge in [0.2, 0.25) is 0 Å². The van der Waals surface area contributed by atoms with E-state index in [4.69, 9.17) is 4.74 Å². The standard InChI is InChI=1S/C19H32OS/c1-7-15-10-11-17(16(12-15)18(4,5)6)20-13-19(8-2,9-3)14-21/h10-12,21H,7-9,13-14H2,1-6H3. The molecular weight excluding hydrogens is 276 g/mol. The molecule has 0 aliphatic heterocycles. The summed E-state index contributed by atoms with van der Waals surface area (Å²) in [6, 6.07) is 6.63. The summed E-state index contributed by atoms with van der Waals surface area (Å²) in [5.41, 5.74) is 2.96. The quantitative estimate of drug-likeness (QED) is 0.639. The fourth-order valence-electron chi connectivity index (χ4n) is 2.46. The van der Waals surface area contributed by atoms with Crippen LogP contribution in [0.15, 0.2) is 18.2 Å². The van der Waals surface area contributed by atoms with E-state index < -0.39 is 0 Å². The van der Waals surface area contributed by atoms with Crippen molar-refractivity contribution in [3.63, 3.8) is 0 Å². The summed E-state index contributed by atoms with van der Waals surface area (Å²) in [5, 5.41) is 0. The fourth-order valence-corrected chi connectivity index (χ4v) is 3.00. The normalized spacial score (nSPS) is 12.5. The Morgan fingerprint density at radius 3 is 2.10 bits per heavy atom. The lowest BCUT2D eigenvalue weighted by molar-refractivity contribution is 0.154. The Morgan fingerprint density at radius 2 is 1.67 bits per heavy atom. The van der Waals surface area contributed by atoms with Gasteiger partial charge in [-0.3, -0.25) is 0 Å². The average Bonchev–Trinajstić information content (AvgIpc) is 2.48. The zero-order valence-electron chi connectivity index (χ0n) is 14.6. The minimum absolute atomic E-state index is 0.0998. The second-order valence-electron chi connectivity index (χ2n) is 7.09. The van der Waals surface area contributed by atoms with E-state index in [9.17, 15) is 0 Å². The molecule has 0 aliphatic carbocycles. The van der Waals surface area contributed by atoms with Crippen LogP contribution in [0.2, 0.25) is 0 Å². The summed E-state index contributed by atoms with van der Waals surface area (Å²) in [6.45, 7) is 14.2. The van der Waals surface area contributed by atoms with Crippen molar-refractivity contribution in [1.82, 2.24) is 0 Å². The van der Waals surface area contributed by atoms with Gasteiger partial charge in [-0.1, -0.05) is 53.7 Å². The largest absolute Gasteiger partial charge is 0.493 e. The van der Waals surface area contributed by atoms with Crippen LogP contribution in [0.3, 0.4) is 0 Å². The molecule has 21 heavy (non-hydrogen) atoms. The van der Waals surface area contributed by atoms with Crippen LogP contribution >= 0.6 is 12.6 Å². The van der Waals surface area contributed by atoms with Gasteiger partial charge in [0.25, 0.3) is 0 Å². The highest BCUT2D eigenvalue weighted by Crippen LogP contribution is 2.35. The minimum atomic E-state index is 0.0998. The van der Waals surface area contributed by atoms with Crippen molar-refractivity contribution in [2.75, 3.05) is 12.4 Å². The zero-order chi connectivity index (χ0) is 16.1. The van der Waals surface area contributed by atoms with Gasteiger partial charge >= 0.3 is 0 Å². The Kier molecular flexibility index (Phi) is 6.65. The molecule has 1 nitrogen and oxygen atoms in total. The summed E-state index contributed by atoms with van der Waals surface area (Å²) < 4.78 is 6.25. The molecule has 0 spiro atoms. The molecule has 0 atom stereocenters. The molecule has 0 unspecified atom stereocenters. The number of rotatable bonds is 7. The number of hydrogen-bond donors (Lipinski definition) is 1. The smallest absolute Gasteiger partial charge is 0.123 e. The van der Waals surface area contributed by atoms with Crippen LogP contribution in [-0.4, -0.2) is 12.4 Å². The molecule has 0 aromatic heterocycles. The Balaban J connectivity index is 3.03. The van der Waals surface area contributed by atoms with E-state index in [2.05, 4.69) is 72.4 Å². The van der Waals surface area contributed by atoms with Crippen molar-refractivity contribution in [2.24, 2.45) is 5.41 Å². The van der Waals surface area contributed by atoms with E-state index in [1.54, 1.807) is 0 Å². The van der Waals surface area contributed by atoms with Crippen LogP contribution in [0, 0.1) is 5.41 Å². The summed E-state index contributed by atoms with van der Waals surface area (Å²) in [7, 11) is 0. The maximum Gasteiger partial charge on any atom is 0.123 e. The monoisotopic (exact) mass is 308 g/mol. The first-order valence-electron chi connectivity index (χ1n) is 8.19. The molecule has 0 bridgehead atoms. The number of benzene rings is 1. The summed E-state index contributed by atoms with van der Waals surface area (Å²) in [4.78, 5) is 0. The second-order valence-corrected chi connectivity index (χ2v) is 7.40.